The normalized spacial score (nSPS) is 17.6. The molecule has 6 nitrogen and oxygen atoms in total. The minimum absolute atomic E-state index is 0.0499. The molecule has 1 amide bonds. The highest BCUT2D eigenvalue weighted by molar-refractivity contribution is 7.89. The first-order chi connectivity index (χ1) is 9.45. The van der Waals surface area contributed by atoms with E-state index in [0.29, 0.717) is 19.5 Å². The predicted octanol–water partition coefficient (Wildman–Crippen LogP) is 0.411. The van der Waals surface area contributed by atoms with Crippen molar-refractivity contribution < 1.29 is 13.2 Å². The van der Waals surface area contributed by atoms with Gasteiger partial charge in [-0.1, -0.05) is 6.07 Å². The quantitative estimate of drug-likeness (QED) is 0.791. The maximum Gasteiger partial charge on any atom is 0.243 e. The highest BCUT2D eigenvalue weighted by atomic mass is 32.2. The smallest absolute Gasteiger partial charge is 0.243 e. The van der Waals surface area contributed by atoms with Crippen LogP contribution in [0.3, 0.4) is 0 Å². The molecule has 0 spiro atoms. The molecule has 0 bridgehead atoms. The van der Waals surface area contributed by atoms with Crippen LogP contribution in [0.4, 0.5) is 0 Å². The zero-order valence-corrected chi connectivity index (χ0v) is 11.9. The van der Waals surface area contributed by atoms with E-state index < -0.39 is 10.0 Å². The molecule has 0 radical (unpaired) electrons. The van der Waals surface area contributed by atoms with Gasteiger partial charge in [0.2, 0.25) is 15.9 Å². The highest BCUT2D eigenvalue weighted by Crippen LogP contribution is 2.18. The van der Waals surface area contributed by atoms with E-state index >= 15 is 0 Å². The molecule has 0 aliphatic carbocycles. The van der Waals surface area contributed by atoms with E-state index in [2.05, 4.69) is 0 Å². The van der Waals surface area contributed by atoms with E-state index in [9.17, 15) is 13.2 Å². The number of rotatable bonds is 2. The number of sulfonamides is 1. The van der Waals surface area contributed by atoms with Crippen molar-refractivity contribution in [3.8, 4) is 6.07 Å². The summed E-state index contributed by atoms with van der Waals surface area (Å²) in [5.74, 6) is -0.220. The lowest BCUT2D eigenvalue weighted by molar-refractivity contribution is -0.129. The highest BCUT2D eigenvalue weighted by Gasteiger charge is 2.29. The Morgan fingerprint density at radius 1 is 1.30 bits per heavy atom. The summed E-state index contributed by atoms with van der Waals surface area (Å²) in [6, 6.07) is 7.75. The lowest BCUT2D eigenvalue weighted by Crippen LogP contribution is -2.38. The van der Waals surface area contributed by atoms with Crippen LogP contribution in [0.15, 0.2) is 29.2 Å². The summed E-state index contributed by atoms with van der Waals surface area (Å²) in [7, 11) is -2.08. The number of carbonyl (C=O) groups is 1. The van der Waals surface area contributed by atoms with Crippen molar-refractivity contribution in [1.82, 2.24) is 9.21 Å². The van der Waals surface area contributed by atoms with Gasteiger partial charge in [-0.05, 0) is 24.6 Å². The summed E-state index contributed by atoms with van der Waals surface area (Å²) >= 11 is 0. The number of amides is 1. The average Bonchev–Trinajstić information content (AvgIpc) is 2.61. The van der Waals surface area contributed by atoms with Crippen molar-refractivity contribution in [2.24, 2.45) is 0 Å². The van der Waals surface area contributed by atoms with Crippen LogP contribution in [0.2, 0.25) is 0 Å². The number of nitrogens with zero attached hydrogens (tertiary/aromatic N) is 3. The standard InChI is InChI=1S/C13H15N3O3S/c1-15-6-3-7-16(10-13(15)17)20(18,19)12-5-2-4-11(8-12)9-14/h2,4-5,8H,3,6-7,10H2,1H3. The summed E-state index contributed by atoms with van der Waals surface area (Å²) in [4.78, 5) is 13.4. The molecule has 1 fully saturated rings. The molecule has 1 saturated heterocycles. The molecule has 0 N–H and O–H groups in total. The van der Waals surface area contributed by atoms with Crippen molar-refractivity contribution in [1.29, 1.82) is 5.26 Å². The van der Waals surface area contributed by atoms with Crippen LogP contribution < -0.4 is 0 Å². The third-order valence-electron chi connectivity index (χ3n) is 3.24. The van der Waals surface area contributed by atoms with Crippen LogP contribution in [0, 0.1) is 11.3 Å². The van der Waals surface area contributed by atoms with Crippen molar-refractivity contribution in [3.63, 3.8) is 0 Å². The third-order valence-corrected chi connectivity index (χ3v) is 5.08. The third kappa shape index (κ3) is 2.81. The van der Waals surface area contributed by atoms with Gasteiger partial charge < -0.3 is 4.90 Å². The van der Waals surface area contributed by atoms with Crippen LogP contribution in [-0.4, -0.2) is 50.2 Å². The summed E-state index contributed by atoms with van der Waals surface area (Å²) in [5, 5.41) is 8.84. The maximum absolute atomic E-state index is 12.5. The minimum atomic E-state index is -3.74. The lowest BCUT2D eigenvalue weighted by Gasteiger charge is -2.19. The van der Waals surface area contributed by atoms with E-state index in [0.717, 1.165) is 0 Å². The van der Waals surface area contributed by atoms with Gasteiger partial charge in [0, 0.05) is 20.1 Å². The number of hydrogen-bond acceptors (Lipinski definition) is 4. The van der Waals surface area contributed by atoms with E-state index in [-0.39, 0.29) is 22.9 Å². The van der Waals surface area contributed by atoms with Crippen molar-refractivity contribution in [2.45, 2.75) is 11.3 Å². The van der Waals surface area contributed by atoms with Gasteiger partial charge >= 0.3 is 0 Å². The Morgan fingerprint density at radius 2 is 2.05 bits per heavy atom. The second-order valence-corrected chi connectivity index (χ2v) is 6.59. The Hall–Kier alpha value is -1.91. The number of nitriles is 1. The summed E-state index contributed by atoms with van der Waals surface area (Å²) in [5.41, 5.74) is 0.282. The topological polar surface area (TPSA) is 81.5 Å². The number of carbonyl (C=O) groups excluding carboxylic acids is 1. The molecule has 0 atom stereocenters. The Balaban J connectivity index is 2.34. The van der Waals surface area contributed by atoms with E-state index in [1.165, 1.54) is 27.4 Å². The molecule has 1 aliphatic rings. The average molecular weight is 293 g/mol. The Kier molecular flexibility index (Phi) is 4.06. The Morgan fingerprint density at radius 3 is 2.75 bits per heavy atom. The zero-order valence-electron chi connectivity index (χ0n) is 11.1. The Bertz CT molecular complexity index is 664. The second kappa shape index (κ2) is 5.61. The number of likely N-dealkylation sites (N-methyl/N-ethyl adjacent to an activating group) is 1. The first-order valence-electron chi connectivity index (χ1n) is 6.19. The van der Waals surface area contributed by atoms with Crippen LogP contribution in [-0.2, 0) is 14.8 Å². The largest absolute Gasteiger partial charge is 0.345 e. The molecule has 7 heteroatoms. The molecule has 1 heterocycles. The van der Waals surface area contributed by atoms with Gasteiger partial charge in [0.1, 0.15) is 0 Å². The molecule has 106 valence electrons. The summed E-state index contributed by atoms with van der Waals surface area (Å²) in [6.45, 7) is 0.688. The monoisotopic (exact) mass is 293 g/mol. The fraction of sp³-hybridized carbons (Fsp3) is 0.385. The molecule has 1 aliphatic heterocycles. The van der Waals surface area contributed by atoms with E-state index in [1.54, 1.807) is 13.1 Å². The van der Waals surface area contributed by atoms with Crippen molar-refractivity contribution >= 4 is 15.9 Å². The molecule has 0 unspecified atom stereocenters. The van der Waals surface area contributed by atoms with Crippen molar-refractivity contribution in [3.05, 3.63) is 29.8 Å². The van der Waals surface area contributed by atoms with Gasteiger partial charge in [-0.2, -0.15) is 9.57 Å². The summed E-state index contributed by atoms with van der Waals surface area (Å²) < 4.78 is 26.2. The van der Waals surface area contributed by atoms with Gasteiger partial charge in [0.25, 0.3) is 0 Å². The molecule has 20 heavy (non-hydrogen) atoms. The fourth-order valence-corrected chi connectivity index (χ4v) is 3.51. The molecule has 2 rings (SSSR count). The van der Waals surface area contributed by atoms with E-state index in [1.807, 2.05) is 6.07 Å². The number of benzene rings is 1. The molecule has 1 aromatic carbocycles. The molecule has 0 aromatic heterocycles. The van der Waals surface area contributed by atoms with Crippen molar-refractivity contribution in [2.75, 3.05) is 26.7 Å². The first-order valence-corrected chi connectivity index (χ1v) is 7.63. The van der Waals surface area contributed by atoms with Crippen LogP contribution in [0.25, 0.3) is 0 Å². The first kappa shape index (κ1) is 14.5. The zero-order chi connectivity index (χ0) is 14.8. The fourth-order valence-electron chi connectivity index (χ4n) is 2.04. The molecule has 1 aromatic rings. The van der Waals surface area contributed by atoms with Crippen LogP contribution in [0.5, 0.6) is 0 Å². The molecule has 0 saturated carbocycles. The predicted molar refractivity (Wildman–Crippen MR) is 72.2 cm³/mol. The maximum atomic E-state index is 12.5. The van der Waals surface area contributed by atoms with Gasteiger partial charge in [-0.25, -0.2) is 8.42 Å². The van der Waals surface area contributed by atoms with Crippen LogP contribution >= 0.6 is 0 Å². The van der Waals surface area contributed by atoms with Gasteiger partial charge in [-0.15, -0.1) is 0 Å². The summed E-state index contributed by atoms with van der Waals surface area (Å²) in [6.07, 6.45) is 0.597. The van der Waals surface area contributed by atoms with Gasteiger partial charge in [-0.3, -0.25) is 4.79 Å². The molecular formula is C13H15N3O3S. The van der Waals surface area contributed by atoms with E-state index in [4.69, 9.17) is 5.26 Å². The SMILES string of the molecule is CN1CCCN(S(=O)(=O)c2cccc(C#N)c2)CC1=O. The lowest BCUT2D eigenvalue weighted by atomic mass is 10.2. The van der Waals surface area contributed by atoms with Gasteiger partial charge in [0.05, 0.1) is 23.1 Å². The Labute approximate surface area is 118 Å². The minimum Gasteiger partial charge on any atom is -0.345 e. The number of hydrogen-bond donors (Lipinski definition) is 0. The van der Waals surface area contributed by atoms with Crippen LogP contribution in [0.1, 0.15) is 12.0 Å². The second-order valence-electron chi connectivity index (χ2n) is 4.65. The van der Waals surface area contributed by atoms with Gasteiger partial charge in [0.15, 0.2) is 0 Å². The molecular weight excluding hydrogens is 278 g/mol.